The van der Waals surface area contributed by atoms with Gasteiger partial charge in [-0.15, -0.1) is 0 Å². The van der Waals surface area contributed by atoms with Crippen LogP contribution in [0, 0.1) is 45.8 Å². The molecular formula is C28H50O2. The number of aliphatic hydroxyl groups excluding tert-OH is 1. The third-order valence-electron chi connectivity index (χ3n) is 12.1. The van der Waals surface area contributed by atoms with Crippen LogP contribution in [-0.4, -0.2) is 21.9 Å². The van der Waals surface area contributed by atoms with E-state index in [1.54, 1.807) is 0 Å². The van der Waals surface area contributed by atoms with Crippen molar-refractivity contribution in [3.8, 4) is 0 Å². The minimum Gasteiger partial charge on any atom is -0.393 e. The zero-order valence-electron chi connectivity index (χ0n) is 20.8. The zero-order valence-corrected chi connectivity index (χ0v) is 20.8. The van der Waals surface area contributed by atoms with Gasteiger partial charge < -0.3 is 10.2 Å². The molecule has 0 aromatic rings. The lowest BCUT2D eigenvalue weighted by Gasteiger charge is -2.66. The van der Waals surface area contributed by atoms with Gasteiger partial charge >= 0.3 is 0 Å². The molecule has 4 rings (SSSR count). The third-order valence-corrected chi connectivity index (χ3v) is 12.1. The van der Waals surface area contributed by atoms with Gasteiger partial charge in [0.2, 0.25) is 0 Å². The standard InChI is InChI=1S/C28H50O2/c1-7-9-24(29)19(3)21-10-11-22-20-12-14-25(4)18-28(30,8-2)17-16-27(25,6)23(20)13-15-26(21,22)5/h19-24,29-30H,7-18H2,1-6H3/t19-,20-,21+,22-,23-,24-,25+,26+,27+,28-/m0/s1. The maximum Gasteiger partial charge on any atom is 0.0650 e. The van der Waals surface area contributed by atoms with Crippen molar-refractivity contribution in [1.82, 2.24) is 0 Å². The highest BCUT2D eigenvalue weighted by atomic mass is 16.3. The molecule has 4 saturated carbocycles. The Hall–Kier alpha value is -0.0800. The van der Waals surface area contributed by atoms with Crippen LogP contribution < -0.4 is 0 Å². The molecule has 2 heteroatoms. The Morgan fingerprint density at radius 3 is 2.30 bits per heavy atom. The number of hydrogen-bond donors (Lipinski definition) is 2. The van der Waals surface area contributed by atoms with Crippen molar-refractivity contribution in [2.75, 3.05) is 0 Å². The van der Waals surface area contributed by atoms with Crippen LogP contribution in [0.2, 0.25) is 0 Å². The van der Waals surface area contributed by atoms with Gasteiger partial charge in [0, 0.05) is 0 Å². The number of aliphatic hydroxyl groups is 2. The molecule has 0 saturated heterocycles. The van der Waals surface area contributed by atoms with Gasteiger partial charge in [-0.05, 0) is 116 Å². The molecule has 4 fully saturated rings. The van der Waals surface area contributed by atoms with Crippen molar-refractivity contribution in [2.45, 2.75) is 130 Å². The predicted molar refractivity (Wildman–Crippen MR) is 125 cm³/mol. The monoisotopic (exact) mass is 418 g/mol. The molecule has 0 unspecified atom stereocenters. The Morgan fingerprint density at radius 2 is 1.63 bits per heavy atom. The molecule has 4 aliphatic rings. The van der Waals surface area contributed by atoms with Crippen LogP contribution in [0.1, 0.15) is 119 Å². The van der Waals surface area contributed by atoms with E-state index in [0.717, 1.165) is 49.9 Å². The number of rotatable bonds is 5. The topological polar surface area (TPSA) is 40.5 Å². The van der Waals surface area contributed by atoms with Crippen molar-refractivity contribution < 1.29 is 10.2 Å². The molecule has 174 valence electrons. The van der Waals surface area contributed by atoms with Gasteiger partial charge in [-0.25, -0.2) is 0 Å². The van der Waals surface area contributed by atoms with Crippen LogP contribution in [-0.2, 0) is 0 Å². The highest BCUT2D eigenvalue weighted by Gasteiger charge is 2.64. The average molecular weight is 419 g/mol. The molecule has 4 aliphatic carbocycles. The van der Waals surface area contributed by atoms with E-state index in [1.165, 1.54) is 44.9 Å². The quantitative estimate of drug-likeness (QED) is 0.506. The first-order chi connectivity index (χ1) is 14.0. The summed E-state index contributed by atoms with van der Waals surface area (Å²) in [5.41, 5.74) is 0.698. The van der Waals surface area contributed by atoms with Crippen LogP contribution >= 0.6 is 0 Å². The van der Waals surface area contributed by atoms with Crippen LogP contribution in [0.3, 0.4) is 0 Å². The van der Waals surface area contributed by atoms with Crippen LogP contribution in [0.4, 0.5) is 0 Å². The Balaban J connectivity index is 1.57. The zero-order chi connectivity index (χ0) is 21.9. The number of hydrogen-bond acceptors (Lipinski definition) is 2. The maximum atomic E-state index is 11.2. The highest BCUT2D eigenvalue weighted by Crippen LogP contribution is 2.72. The summed E-state index contributed by atoms with van der Waals surface area (Å²) in [5, 5.41) is 21.9. The molecule has 30 heavy (non-hydrogen) atoms. The SMILES string of the molecule is CCC[C@H](O)[C@@H](C)[C@H]1CC[C@H]2[C@@H]3CC[C@]4(C)C[C@](O)(CC)CC[C@]4(C)[C@H]3CC[C@]12C. The van der Waals surface area contributed by atoms with E-state index in [1.807, 2.05) is 0 Å². The second-order valence-electron chi connectivity index (χ2n) is 13.1. The predicted octanol–water partition coefficient (Wildman–Crippen LogP) is 6.97. The molecule has 10 atom stereocenters. The van der Waals surface area contributed by atoms with Gasteiger partial charge in [0.05, 0.1) is 11.7 Å². The summed E-state index contributed by atoms with van der Waals surface area (Å²) in [7, 11) is 0. The van der Waals surface area contributed by atoms with Crippen LogP contribution in [0.15, 0.2) is 0 Å². The van der Waals surface area contributed by atoms with E-state index in [2.05, 4.69) is 41.5 Å². The molecular weight excluding hydrogens is 368 g/mol. The van der Waals surface area contributed by atoms with Gasteiger partial charge in [0.15, 0.2) is 0 Å². The molecule has 0 spiro atoms. The fourth-order valence-corrected chi connectivity index (χ4v) is 9.82. The lowest BCUT2D eigenvalue weighted by Crippen LogP contribution is -2.60. The van der Waals surface area contributed by atoms with Crippen molar-refractivity contribution in [3.63, 3.8) is 0 Å². The Morgan fingerprint density at radius 1 is 0.900 bits per heavy atom. The molecule has 0 bridgehead atoms. The highest BCUT2D eigenvalue weighted by molar-refractivity contribution is 5.14. The van der Waals surface area contributed by atoms with E-state index in [9.17, 15) is 10.2 Å². The van der Waals surface area contributed by atoms with Gasteiger partial charge in [0.25, 0.3) is 0 Å². The van der Waals surface area contributed by atoms with E-state index in [0.29, 0.717) is 28.1 Å². The summed E-state index contributed by atoms with van der Waals surface area (Å²) < 4.78 is 0. The molecule has 0 radical (unpaired) electrons. The van der Waals surface area contributed by atoms with Gasteiger partial charge in [0.1, 0.15) is 0 Å². The molecule has 0 aromatic carbocycles. The molecule has 2 N–H and O–H groups in total. The third kappa shape index (κ3) is 3.25. The van der Waals surface area contributed by atoms with E-state index in [4.69, 9.17) is 0 Å². The van der Waals surface area contributed by atoms with Crippen molar-refractivity contribution in [1.29, 1.82) is 0 Å². The summed E-state index contributed by atoms with van der Waals surface area (Å²) in [6.45, 7) is 14.5. The molecule has 0 aliphatic heterocycles. The van der Waals surface area contributed by atoms with Gasteiger partial charge in [-0.3, -0.25) is 0 Å². The van der Waals surface area contributed by atoms with Gasteiger partial charge in [-0.1, -0.05) is 48.0 Å². The molecule has 0 heterocycles. The fourth-order valence-electron chi connectivity index (χ4n) is 9.82. The van der Waals surface area contributed by atoms with Crippen LogP contribution in [0.25, 0.3) is 0 Å². The lowest BCUT2D eigenvalue weighted by atomic mass is 9.39. The summed E-state index contributed by atoms with van der Waals surface area (Å²) in [4.78, 5) is 0. The average Bonchev–Trinajstić information content (AvgIpc) is 3.06. The first-order valence-electron chi connectivity index (χ1n) is 13.4. The molecule has 0 amide bonds. The Kier molecular flexibility index (Phi) is 5.97. The van der Waals surface area contributed by atoms with Crippen molar-refractivity contribution in [3.05, 3.63) is 0 Å². The molecule has 2 nitrogen and oxygen atoms in total. The Labute approximate surface area is 186 Å². The maximum absolute atomic E-state index is 11.2. The van der Waals surface area contributed by atoms with E-state index >= 15 is 0 Å². The first kappa shape index (κ1) is 23.1. The summed E-state index contributed by atoms with van der Waals surface area (Å²) >= 11 is 0. The van der Waals surface area contributed by atoms with Gasteiger partial charge in [-0.2, -0.15) is 0 Å². The fraction of sp³-hybridized carbons (Fsp3) is 1.00. The van der Waals surface area contributed by atoms with E-state index < -0.39 is 5.60 Å². The smallest absolute Gasteiger partial charge is 0.0650 e. The lowest BCUT2D eigenvalue weighted by molar-refractivity contribution is -0.195. The largest absolute Gasteiger partial charge is 0.393 e. The minimum atomic E-state index is -0.423. The Bertz CT molecular complexity index is 632. The summed E-state index contributed by atoms with van der Waals surface area (Å²) in [5.74, 6) is 3.70. The minimum absolute atomic E-state index is 0.120. The summed E-state index contributed by atoms with van der Waals surface area (Å²) in [6.07, 6.45) is 14.2. The van der Waals surface area contributed by atoms with E-state index in [-0.39, 0.29) is 6.10 Å². The van der Waals surface area contributed by atoms with Crippen molar-refractivity contribution >= 4 is 0 Å². The molecule has 0 aromatic heterocycles. The first-order valence-corrected chi connectivity index (χ1v) is 13.4. The van der Waals surface area contributed by atoms with Crippen molar-refractivity contribution in [2.24, 2.45) is 45.8 Å². The second-order valence-corrected chi connectivity index (χ2v) is 13.1. The number of fused-ring (bicyclic) bond motifs is 5. The normalized spacial score (nSPS) is 52.8. The van der Waals surface area contributed by atoms with Crippen LogP contribution in [0.5, 0.6) is 0 Å². The second kappa shape index (κ2) is 7.75. The summed E-state index contributed by atoms with van der Waals surface area (Å²) in [6, 6.07) is 0.